The highest BCUT2D eigenvalue weighted by Crippen LogP contribution is 2.48. The molecule has 1 aromatic rings. The molecule has 3 heteroatoms. The van der Waals surface area contributed by atoms with Crippen LogP contribution in [0.25, 0.3) is 0 Å². The minimum atomic E-state index is -0.225. The Morgan fingerprint density at radius 2 is 2.16 bits per heavy atom. The number of rotatable bonds is 4. The lowest BCUT2D eigenvalue weighted by Gasteiger charge is -2.28. The molecular weight excluding hydrogens is 241 g/mol. The Kier molecular flexibility index (Phi) is 3.48. The van der Waals surface area contributed by atoms with Gasteiger partial charge in [0.2, 0.25) is 0 Å². The molecule has 2 aliphatic carbocycles. The summed E-state index contributed by atoms with van der Waals surface area (Å²) in [5.74, 6) is 2.31. The van der Waals surface area contributed by atoms with Gasteiger partial charge in [-0.15, -0.1) is 0 Å². The summed E-state index contributed by atoms with van der Waals surface area (Å²) in [6, 6.07) is 5.02. The number of anilines is 1. The highest BCUT2D eigenvalue weighted by atomic mass is 19.1. The van der Waals surface area contributed by atoms with Gasteiger partial charge in [-0.1, -0.05) is 12.5 Å². The van der Waals surface area contributed by atoms with Gasteiger partial charge in [-0.25, -0.2) is 4.39 Å². The molecule has 19 heavy (non-hydrogen) atoms. The molecule has 0 spiro atoms. The summed E-state index contributed by atoms with van der Waals surface area (Å²) in [6.45, 7) is 0.851. The van der Waals surface area contributed by atoms with Crippen LogP contribution in [-0.4, -0.2) is 18.7 Å². The van der Waals surface area contributed by atoms with Crippen molar-refractivity contribution in [1.29, 1.82) is 0 Å². The van der Waals surface area contributed by atoms with Crippen molar-refractivity contribution in [3.8, 4) is 0 Å². The molecule has 0 aromatic heterocycles. The lowest BCUT2D eigenvalue weighted by Crippen LogP contribution is -2.29. The summed E-state index contributed by atoms with van der Waals surface area (Å²) >= 11 is 0. The lowest BCUT2D eigenvalue weighted by molar-refractivity contribution is 0.281. The molecule has 1 N–H and O–H groups in total. The van der Waals surface area contributed by atoms with E-state index in [4.69, 9.17) is 5.11 Å². The third-order valence-electron chi connectivity index (χ3n) is 5.00. The van der Waals surface area contributed by atoms with E-state index in [1.54, 1.807) is 12.1 Å². The highest BCUT2D eigenvalue weighted by Gasteiger charge is 2.39. The van der Waals surface area contributed by atoms with Crippen molar-refractivity contribution >= 4 is 5.69 Å². The number of aliphatic hydroxyl groups is 1. The highest BCUT2D eigenvalue weighted by molar-refractivity contribution is 5.48. The maximum atomic E-state index is 14.0. The smallest absolute Gasteiger partial charge is 0.146 e. The van der Waals surface area contributed by atoms with Crippen LogP contribution in [0.5, 0.6) is 0 Å². The molecule has 0 aliphatic heterocycles. The summed E-state index contributed by atoms with van der Waals surface area (Å²) in [7, 11) is 1.98. The first-order valence-electron chi connectivity index (χ1n) is 7.27. The van der Waals surface area contributed by atoms with Gasteiger partial charge in [0.05, 0.1) is 12.3 Å². The van der Waals surface area contributed by atoms with E-state index in [1.807, 2.05) is 11.9 Å². The minimum Gasteiger partial charge on any atom is -0.392 e. The normalized spacial score (nSPS) is 28.9. The van der Waals surface area contributed by atoms with Crippen LogP contribution in [-0.2, 0) is 6.61 Å². The third-order valence-corrected chi connectivity index (χ3v) is 5.00. The molecule has 104 valence electrons. The molecule has 0 heterocycles. The van der Waals surface area contributed by atoms with E-state index in [2.05, 4.69) is 0 Å². The van der Waals surface area contributed by atoms with Gasteiger partial charge in [-0.05, 0) is 54.7 Å². The Bertz CT molecular complexity index is 462. The van der Waals surface area contributed by atoms with Gasteiger partial charge in [0, 0.05) is 13.6 Å². The van der Waals surface area contributed by atoms with Crippen molar-refractivity contribution in [3.05, 3.63) is 29.6 Å². The van der Waals surface area contributed by atoms with Crippen LogP contribution in [0.2, 0.25) is 0 Å². The number of halogens is 1. The van der Waals surface area contributed by atoms with Gasteiger partial charge in [-0.3, -0.25) is 0 Å². The molecular formula is C16H22FNO. The molecule has 0 saturated heterocycles. The average Bonchev–Trinajstić information content (AvgIpc) is 3.00. The fourth-order valence-electron chi connectivity index (χ4n) is 4.01. The van der Waals surface area contributed by atoms with E-state index in [1.165, 1.54) is 31.7 Å². The Morgan fingerprint density at radius 3 is 2.74 bits per heavy atom. The monoisotopic (exact) mass is 263 g/mol. The number of hydrogen-bond donors (Lipinski definition) is 1. The summed E-state index contributed by atoms with van der Waals surface area (Å²) in [5.41, 5.74) is 1.29. The van der Waals surface area contributed by atoms with E-state index in [-0.39, 0.29) is 12.4 Å². The van der Waals surface area contributed by atoms with Crippen molar-refractivity contribution in [2.45, 2.75) is 32.3 Å². The standard InChI is InChI=1S/C16H22FNO/c1-18(9-14-7-11-2-4-13(14)6-11)16-5-3-12(10-19)8-15(16)17/h3,5,8,11,13-14,19H,2,4,6-7,9-10H2,1H3. The first-order chi connectivity index (χ1) is 9.17. The molecule has 2 nitrogen and oxygen atoms in total. The van der Waals surface area contributed by atoms with E-state index in [0.29, 0.717) is 11.3 Å². The van der Waals surface area contributed by atoms with Crippen molar-refractivity contribution in [2.24, 2.45) is 17.8 Å². The van der Waals surface area contributed by atoms with Gasteiger partial charge in [0.15, 0.2) is 0 Å². The van der Waals surface area contributed by atoms with Crippen molar-refractivity contribution in [1.82, 2.24) is 0 Å². The maximum absolute atomic E-state index is 14.0. The van der Waals surface area contributed by atoms with Gasteiger partial charge in [0.1, 0.15) is 5.82 Å². The Balaban J connectivity index is 1.68. The molecule has 2 fully saturated rings. The SMILES string of the molecule is CN(CC1CC2CCC1C2)c1ccc(CO)cc1F. The summed E-state index contributed by atoms with van der Waals surface area (Å²) in [4.78, 5) is 2.04. The Morgan fingerprint density at radius 1 is 1.32 bits per heavy atom. The van der Waals surface area contributed by atoms with E-state index in [0.717, 1.165) is 24.3 Å². The fourth-order valence-corrected chi connectivity index (χ4v) is 4.01. The Labute approximate surface area is 114 Å². The van der Waals surface area contributed by atoms with Crippen LogP contribution in [0.1, 0.15) is 31.2 Å². The van der Waals surface area contributed by atoms with Crippen LogP contribution in [0.3, 0.4) is 0 Å². The predicted molar refractivity (Wildman–Crippen MR) is 74.5 cm³/mol. The molecule has 1 aromatic carbocycles. The van der Waals surface area contributed by atoms with Crippen LogP contribution >= 0.6 is 0 Å². The molecule has 3 atom stereocenters. The third kappa shape index (κ3) is 2.48. The number of aliphatic hydroxyl groups excluding tert-OH is 1. The topological polar surface area (TPSA) is 23.5 Å². The Hall–Kier alpha value is -1.09. The second-order valence-electron chi connectivity index (χ2n) is 6.26. The van der Waals surface area contributed by atoms with Crippen LogP contribution in [0, 0.1) is 23.6 Å². The summed E-state index contributed by atoms with van der Waals surface area (Å²) < 4.78 is 14.0. The van der Waals surface area contributed by atoms with Crippen LogP contribution in [0.15, 0.2) is 18.2 Å². The maximum Gasteiger partial charge on any atom is 0.146 e. The van der Waals surface area contributed by atoms with Crippen molar-refractivity contribution in [2.75, 3.05) is 18.5 Å². The van der Waals surface area contributed by atoms with Crippen molar-refractivity contribution in [3.63, 3.8) is 0 Å². The predicted octanol–water partition coefficient (Wildman–Crippen LogP) is 3.19. The molecule has 3 rings (SSSR count). The largest absolute Gasteiger partial charge is 0.392 e. The van der Waals surface area contributed by atoms with E-state index < -0.39 is 0 Å². The number of nitrogens with zero attached hydrogens (tertiary/aromatic N) is 1. The quantitative estimate of drug-likeness (QED) is 0.901. The molecule has 2 saturated carbocycles. The average molecular weight is 263 g/mol. The second-order valence-corrected chi connectivity index (χ2v) is 6.26. The molecule has 2 aliphatic rings. The molecule has 2 bridgehead atoms. The van der Waals surface area contributed by atoms with E-state index >= 15 is 0 Å². The minimum absolute atomic E-state index is 0.104. The first-order valence-corrected chi connectivity index (χ1v) is 7.27. The summed E-state index contributed by atoms with van der Waals surface area (Å²) in [5, 5.41) is 9.01. The zero-order valence-corrected chi connectivity index (χ0v) is 11.5. The zero-order valence-electron chi connectivity index (χ0n) is 11.5. The van der Waals surface area contributed by atoms with Crippen LogP contribution < -0.4 is 4.90 Å². The summed E-state index contributed by atoms with van der Waals surface area (Å²) in [6.07, 6.45) is 5.50. The van der Waals surface area contributed by atoms with Gasteiger partial charge in [0.25, 0.3) is 0 Å². The van der Waals surface area contributed by atoms with Crippen molar-refractivity contribution < 1.29 is 9.50 Å². The van der Waals surface area contributed by atoms with Gasteiger partial charge < -0.3 is 10.0 Å². The van der Waals surface area contributed by atoms with Crippen LogP contribution in [0.4, 0.5) is 10.1 Å². The number of benzene rings is 1. The molecule has 0 radical (unpaired) electrons. The lowest BCUT2D eigenvalue weighted by atomic mass is 9.88. The number of fused-ring (bicyclic) bond motifs is 2. The zero-order chi connectivity index (χ0) is 13.4. The molecule has 3 unspecified atom stereocenters. The second kappa shape index (κ2) is 5.12. The fraction of sp³-hybridized carbons (Fsp3) is 0.625. The number of hydrogen-bond acceptors (Lipinski definition) is 2. The first kappa shape index (κ1) is 12.9. The van der Waals surface area contributed by atoms with Gasteiger partial charge >= 0.3 is 0 Å². The van der Waals surface area contributed by atoms with E-state index in [9.17, 15) is 4.39 Å². The van der Waals surface area contributed by atoms with Gasteiger partial charge in [-0.2, -0.15) is 0 Å². The molecule has 0 amide bonds.